The van der Waals surface area contributed by atoms with Gasteiger partial charge in [-0.25, -0.2) is 0 Å². The molecule has 0 aromatic carbocycles. The lowest BCUT2D eigenvalue weighted by Crippen LogP contribution is -2.52. The molecule has 1 atom stereocenters. The minimum atomic E-state index is 0.132. The molecule has 0 bridgehead atoms. The van der Waals surface area contributed by atoms with Crippen LogP contribution >= 0.6 is 11.8 Å². The number of hydrogen-bond acceptors (Lipinski definition) is 4. The summed E-state index contributed by atoms with van der Waals surface area (Å²) < 4.78 is 5.90. The fourth-order valence-corrected chi connectivity index (χ4v) is 4.56. The zero-order chi connectivity index (χ0) is 16.8. The fraction of sp³-hybridized carbons (Fsp3) is 0.941. The monoisotopic (exact) mass is 342 g/mol. The third-order valence-corrected chi connectivity index (χ3v) is 6.72. The SMILES string of the molecule is CCNC(=NCC1(N(C)C)CCOCC1)NCC1(C)CCCS1. The van der Waals surface area contributed by atoms with Crippen LogP contribution in [0.2, 0.25) is 0 Å². The fourth-order valence-electron chi connectivity index (χ4n) is 3.31. The highest BCUT2D eigenvalue weighted by atomic mass is 32.2. The van der Waals surface area contributed by atoms with E-state index in [0.29, 0.717) is 4.75 Å². The molecule has 0 amide bonds. The molecule has 6 heteroatoms. The Bertz CT molecular complexity index is 388. The summed E-state index contributed by atoms with van der Waals surface area (Å²) in [6.07, 6.45) is 4.73. The third-order valence-electron chi connectivity index (χ3n) is 5.18. The van der Waals surface area contributed by atoms with Gasteiger partial charge in [-0.2, -0.15) is 11.8 Å². The molecule has 23 heavy (non-hydrogen) atoms. The molecule has 1 unspecified atom stereocenters. The number of aliphatic imine (C=N–C) groups is 1. The van der Waals surface area contributed by atoms with E-state index < -0.39 is 0 Å². The number of nitrogens with zero attached hydrogens (tertiary/aromatic N) is 2. The van der Waals surface area contributed by atoms with E-state index in [1.807, 2.05) is 0 Å². The van der Waals surface area contributed by atoms with E-state index in [-0.39, 0.29) is 5.54 Å². The molecule has 0 spiro atoms. The first kappa shape index (κ1) is 18.9. The Labute approximate surface area is 146 Å². The first-order valence-electron chi connectivity index (χ1n) is 8.91. The van der Waals surface area contributed by atoms with Crippen LogP contribution in [0.15, 0.2) is 4.99 Å². The standard InChI is InChI=1S/C17H34N4OS/c1-5-18-15(19-13-16(2)7-6-12-23-16)20-14-17(21(3)4)8-10-22-11-9-17/h5-14H2,1-4H3,(H2,18,19,20). The second kappa shape index (κ2) is 8.58. The summed E-state index contributed by atoms with van der Waals surface area (Å²) in [5, 5.41) is 6.97. The van der Waals surface area contributed by atoms with Gasteiger partial charge in [0.2, 0.25) is 0 Å². The lowest BCUT2D eigenvalue weighted by atomic mass is 9.89. The molecule has 0 aliphatic carbocycles. The topological polar surface area (TPSA) is 48.9 Å². The quantitative estimate of drug-likeness (QED) is 0.571. The third kappa shape index (κ3) is 5.26. The molecular weight excluding hydrogens is 308 g/mol. The van der Waals surface area contributed by atoms with Crippen LogP contribution in [0.4, 0.5) is 0 Å². The van der Waals surface area contributed by atoms with Gasteiger partial charge in [-0.1, -0.05) is 0 Å². The van der Waals surface area contributed by atoms with Crippen molar-refractivity contribution in [1.29, 1.82) is 0 Å². The Balaban J connectivity index is 1.96. The van der Waals surface area contributed by atoms with E-state index in [9.17, 15) is 0 Å². The molecule has 2 rings (SSSR count). The van der Waals surface area contributed by atoms with Crippen molar-refractivity contribution in [2.24, 2.45) is 4.99 Å². The molecule has 0 aromatic rings. The number of ether oxygens (including phenoxy) is 1. The van der Waals surface area contributed by atoms with E-state index >= 15 is 0 Å². The highest BCUT2D eigenvalue weighted by molar-refractivity contribution is 8.00. The highest BCUT2D eigenvalue weighted by Crippen LogP contribution is 2.36. The Morgan fingerprint density at radius 2 is 1.96 bits per heavy atom. The Morgan fingerprint density at radius 1 is 1.22 bits per heavy atom. The smallest absolute Gasteiger partial charge is 0.191 e. The second-order valence-electron chi connectivity index (χ2n) is 7.18. The summed E-state index contributed by atoms with van der Waals surface area (Å²) in [4.78, 5) is 7.24. The number of rotatable bonds is 6. The number of hydrogen-bond donors (Lipinski definition) is 2. The Morgan fingerprint density at radius 3 is 2.52 bits per heavy atom. The summed E-state index contributed by atoms with van der Waals surface area (Å²) in [5.41, 5.74) is 0.132. The van der Waals surface area contributed by atoms with E-state index in [0.717, 1.165) is 51.6 Å². The first-order chi connectivity index (χ1) is 11.0. The maximum Gasteiger partial charge on any atom is 0.191 e. The summed E-state index contributed by atoms with van der Waals surface area (Å²) in [6, 6.07) is 0. The summed E-state index contributed by atoms with van der Waals surface area (Å²) in [7, 11) is 4.33. The molecule has 5 nitrogen and oxygen atoms in total. The zero-order valence-electron chi connectivity index (χ0n) is 15.3. The van der Waals surface area contributed by atoms with E-state index in [1.165, 1.54) is 18.6 Å². The molecule has 0 aromatic heterocycles. The molecule has 2 fully saturated rings. The molecule has 134 valence electrons. The van der Waals surface area contributed by atoms with Gasteiger partial charge in [0.1, 0.15) is 0 Å². The van der Waals surface area contributed by atoms with Crippen molar-refractivity contribution < 1.29 is 4.74 Å². The number of likely N-dealkylation sites (N-methyl/N-ethyl adjacent to an activating group) is 1. The van der Waals surface area contributed by atoms with Crippen LogP contribution in [0, 0.1) is 0 Å². The van der Waals surface area contributed by atoms with Crippen molar-refractivity contribution in [1.82, 2.24) is 15.5 Å². The van der Waals surface area contributed by atoms with Gasteiger partial charge in [-0.15, -0.1) is 0 Å². The Kier molecular flexibility index (Phi) is 7.04. The average Bonchev–Trinajstić information content (AvgIpc) is 2.98. The molecule has 0 saturated carbocycles. The van der Waals surface area contributed by atoms with E-state index in [1.54, 1.807) is 0 Å². The van der Waals surface area contributed by atoms with Crippen LogP contribution in [-0.4, -0.2) is 73.8 Å². The minimum Gasteiger partial charge on any atom is -0.381 e. The molecule has 0 radical (unpaired) electrons. The molecule has 2 N–H and O–H groups in total. The summed E-state index contributed by atoms with van der Waals surface area (Å²) in [6.45, 7) is 8.87. The van der Waals surface area contributed by atoms with Crippen LogP contribution in [0.25, 0.3) is 0 Å². The Hall–Kier alpha value is -0.460. The van der Waals surface area contributed by atoms with Crippen LogP contribution < -0.4 is 10.6 Å². The van der Waals surface area contributed by atoms with E-state index in [4.69, 9.17) is 9.73 Å². The van der Waals surface area contributed by atoms with Crippen LogP contribution in [0.5, 0.6) is 0 Å². The first-order valence-corrected chi connectivity index (χ1v) is 9.90. The molecule has 2 saturated heterocycles. The molecule has 2 aliphatic rings. The van der Waals surface area contributed by atoms with Crippen LogP contribution in [0.1, 0.15) is 39.5 Å². The van der Waals surface area contributed by atoms with E-state index in [2.05, 4.69) is 55.2 Å². The summed E-state index contributed by atoms with van der Waals surface area (Å²) >= 11 is 2.09. The molecule has 2 heterocycles. The maximum absolute atomic E-state index is 5.55. The van der Waals surface area contributed by atoms with Crippen molar-refractivity contribution >= 4 is 17.7 Å². The van der Waals surface area contributed by atoms with Gasteiger partial charge in [0.15, 0.2) is 5.96 Å². The minimum absolute atomic E-state index is 0.132. The molecule has 2 aliphatic heterocycles. The van der Waals surface area contributed by atoms with Crippen molar-refractivity contribution in [2.75, 3.05) is 52.7 Å². The lowest BCUT2D eigenvalue weighted by Gasteiger charge is -2.41. The maximum atomic E-state index is 5.55. The predicted molar refractivity (Wildman–Crippen MR) is 101 cm³/mol. The second-order valence-corrected chi connectivity index (χ2v) is 8.86. The summed E-state index contributed by atoms with van der Waals surface area (Å²) in [5.74, 6) is 2.24. The number of guanidine groups is 1. The van der Waals surface area contributed by atoms with Crippen molar-refractivity contribution in [2.45, 2.75) is 49.8 Å². The van der Waals surface area contributed by atoms with Crippen molar-refractivity contribution in [3.63, 3.8) is 0 Å². The van der Waals surface area contributed by atoms with Gasteiger partial charge in [-0.05, 0) is 59.4 Å². The van der Waals surface area contributed by atoms with Crippen LogP contribution in [-0.2, 0) is 4.74 Å². The van der Waals surface area contributed by atoms with Gasteiger partial charge >= 0.3 is 0 Å². The lowest BCUT2D eigenvalue weighted by molar-refractivity contribution is -0.00254. The van der Waals surface area contributed by atoms with Crippen molar-refractivity contribution in [3.05, 3.63) is 0 Å². The number of thioether (sulfide) groups is 1. The van der Waals surface area contributed by atoms with Gasteiger partial charge < -0.3 is 20.3 Å². The van der Waals surface area contributed by atoms with Gasteiger partial charge in [0, 0.05) is 36.6 Å². The largest absolute Gasteiger partial charge is 0.381 e. The molecular formula is C17H34N4OS. The van der Waals surface area contributed by atoms with Crippen molar-refractivity contribution in [3.8, 4) is 0 Å². The van der Waals surface area contributed by atoms with Gasteiger partial charge in [0.25, 0.3) is 0 Å². The predicted octanol–water partition coefficient (Wildman–Crippen LogP) is 1.94. The van der Waals surface area contributed by atoms with Gasteiger partial charge in [-0.3, -0.25) is 4.99 Å². The average molecular weight is 343 g/mol. The van der Waals surface area contributed by atoms with Gasteiger partial charge in [0.05, 0.1) is 6.54 Å². The highest BCUT2D eigenvalue weighted by Gasteiger charge is 2.35. The normalized spacial score (nSPS) is 28.1. The zero-order valence-corrected chi connectivity index (χ0v) is 16.1. The number of nitrogens with one attached hydrogen (secondary N) is 2. The van der Waals surface area contributed by atoms with Crippen LogP contribution in [0.3, 0.4) is 0 Å².